The third-order valence-electron chi connectivity index (χ3n) is 4.57. The first-order chi connectivity index (χ1) is 11.6. The molecule has 0 aliphatic heterocycles. The number of hydrogen-bond donors (Lipinski definition) is 1. The van der Waals surface area contributed by atoms with Gasteiger partial charge < -0.3 is 5.32 Å². The second-order valence-electron chi connectivity index (χ2n) is 6.45. The first-order valence-electron chi connectivity index (χ1n) is 8.57. The lowest BCUT2D eigenvalue weighted by Gasteiger charge is -2.21. The van der Waals surface area contributed by atoms with Gasteiger partial charge in [0.25, 0.3) is 5.56 Å². The zero-order chi connectivity index (χ0) is 16.9. The van der Waals surface area contributed by atoms with Crippen LogP contribution >= 0.6 is 11.6 Å². The van der Waals surface area contributed by atoms with Crippen molar-refractivity contribution in [2.45, 2.75) is 57.5 Å². The van der Waals surface area contributed by atoms with Gasteiger partial charge in [-0.25, -0.2) is 4.98 Å². The smallest absolute Gasteiger partial charge is 0.261 e. The molecular formula is C18H22ClN3O2. The van der Waals surface area contributed by atoms with Crippen LogP contribution in [0.1, 0.15) is 44.9 Å². The molecule has 1 aromatic heterocycles. The second kappa shape index (κ2) is 7.79. The summed E-state index contributed by atoms with van der Waals surface area (Å²) in [6.45, 7) is -0.00914. The van der Waals surface area contributed by atoms with Gasteiger partial charge in [-0.05, 0) is 31.0 Å². The average Bonchev–Trinajstić information content (AvgIpc) is 2.53. The zero-order valence-electron chi connectivity index (χ0n) is 13.6. The number of rotatable bonds is 3. The van der Waals surface area contributed by atoms with Gasteiger partial charge in [0.05, 0.1) is 17.2 Å². The van der Waals surface area contributed by atoms with Crippen LogP contribution in [0.3, 0.4) is 0 Å². The van der Waals surface area contributed by atoms with Crippen molar-refractivity contribution in [3.8, 4) is 0 Å². The molecule has 1 aromatic carbocycles. The molecule has 128 valence electrons. The minimum atomic E-state index is -0.240. The summed E-state index contributed by atoms with van der Waals surface area (Å²) in [6.07, 6.45) is 9.54. The van der Waals surface area contributed by atoms with Gasteiger partial charge in [0.1, 0.15) is 6.54 Å². The van der Waals surface area contributed by atoms with Crippen molar-refractivity contribution in [2.24, 2.45) is 0 Å². The van der Waals surface area contributed by atoms with Crippen LogP contribution in [0.2, 0.25) is 5.02 Å². The number of aromatic nitrogens is 2. The molecule has 1 amide bonds. The number of hydrogen-bond acceptors (Lipinski definition) is 3. The van der Waals surface area contributed by atoms with Crippen molar-refractivity contribution in [3.63, 3.8) is 0 Å². The predicted molar refractivity (Wildman–Crippen MR) is 95.3 cm³/mol. The highest BCUT2D eigenvalue weighted by Gasteiger charge is 2.15. The van der Waals surface area contributed by atoms with Gasteiger partial charge in [-0.15, -0.1) is 0 Å². The Balaban J connectivity index is 1.70. The Hall–Kier alpha value is -1.88. The molecule has 1 saturated carbocycles. The molecule has 5 nitrogen and oxygen atoms in total. The van der Waals surface area contributed by atoms with Crippen molar-refractivity contribution in [2.75, 3.05) is 0 Å². The molecule has 3 rings (SSSR count). The van der Waals surface area contributed by atoms with Crippen LogP contribution < -0.4 is 10.9 Å². The summed E-state index contributed by atoms with van der Waals surface area (Å²) < 4.78 is 1.34. The van der Waals surface area contributed by atoms with Crippen molar-refractivity contribution in [1.82, 2.24) is 14.9 Å². The van der Waals surface area contributed by atoms with Crippen molar-refractivity contribution in [1.29, 1.82) is 0 Å². The summed E-state index contributed by atoms with van der Waals surface area (Å²) >= 11 is 5.95. The predicted octanol–water partition coefficient (Wildman–Crippen LogP) is 3.28. The van der Waals surface area contributed by atoms with Gasteiger partial charge in [-0.2, -0.15) is 0 Å². The largest absolute Gasteiger partial charge is 0.352 e. The van der Waals surface area contributed by atoms with E-state index in [1.165, 1.54) is 30.2 Å². The molecule has 1 aliphatic carbocycles. The van der Waals surface area contributed by atoms with Crippen LogP contribution in [0.25, 0.3) is 10.9 Å². The molecule has 0 unspecified atom stereocenters. The van der Waals surface area contributed by atoms with E-state index in [1.807, 2.05) is 0 Å². The van der Waals surface area contributed by atoms with Gasteiger partial charge in [0.15, 0.2) is 0 Å². The van der Waals surface area contributed by atoms with Crippen molar-refractivity contribution >= 4 is 28.4 Å². The van der Waals surface area contributed by atoms with E-state index in [4.69, 9.17) is 11.6 Å². The molecule has 0 saturated heterocycles. The Bertz CT molecular complexity index is 779. The molecule has 0 atom stereocenters. The highest BCUT2D eigenvalue weighted by atomic mass is 35.5. The van der Waals surface area contributed by atoms with Gasteiger partial charge in [0, 0.05) is 11.1 Å². The van der Waals surface area contributed by atoms with E-state index in [0.717, 1.165) is 25.7 Å². The monoisotopic (exact) mass is 347 g/mol. The molecule has 1 fully saturated rings. The quantitative estimate of drug-likeness (QED) is 0.926. The number of fused-ring (bicyclic) bond motifs is 1. The highest BCUT2D eigenvalue weighted by Crippen LogP contribution is 2.17. The van der Waals surface area contributed by atoms with Gasteiger partial charge in [0.2, 0.25) is 5.91 Å². The number of nitrogens with zero attached hydrogens (tertiary/aromatic N) is 2. The van der Waals surface area contributed by atoms with Crippen LogP contribution in [-0.4, -0.2) is 21.5 Å². The topological polar surface area (TPSA) is 64.0 Å². The van der Waals surface area contributed by atoms with Gasteiger partial charge in [-0.1, -0.05) is 43.7 Å². The molecule has 24 heavy (non-hydrogen) atoms. The lowest BCUT2D eigenvalue weighted by molar-refractivity contribution is -0.122. The highest BCUT2D eigenvalue weighted by molar-refractivity contribution is 6.31. The van der Waals surface area contributed by atoms with Crippen molar-refractivity contribution in [3.05, 3.63) is 39.9 Å². The maximum absolute atomic E-state index is 12.5. The molecule has 0 bridgehead atoms. The van der Waals surface area contributed by atoms with E-state index >= 15 is 0 Å². The fraction of sp³-hybridized carbons (Fsp3) is 0.500. The van der Waals surface area contributed by atoms with Gasteiger partial charge >= 0.3 is 0 Å². The number of amides is 1. The van der Waals surface area contributed by atoms with Crippen LogP contribution in [0.15, 0.2) is 29.3 Å². The van der Waals surface area contributed by atoms with Crippen LogP contribution in [0, 0.1) is 0 Å². The molecule has 1 aliphatic rings. The molecule has 6 heteroatoms. The molecule has 0 radical (unpaired) electrons. The lowest BCUT2D eigenvalue weighted by atomic mass is 9.97. The summed E-state index contributed by atoms with van der Waals surface area (Å²) in [5.74, 6) is -0.133. The van der Waals surface area contributed by atoms with Crippen LogP contribution in [0.5, 0.6) is 0 Å². The number of carbonyl (C=O) groups excluding carboxylic acids is 1. The standard InChI is InChI=1S/C18H22ClN3O2/c19-13-8-9-16-15(10-13)18(24)22(12-20-16)11-17(23)21-14-6-4-2-1-3-5-7-14/h8-10,12,14H,1-7,11H2,(H,21,23). The van der Waals surface area contributed by atoms with E-state index in [1.54, 1.807) is 18.2 Å². The second-order valence-corrected chi connectivity index (χ2v) is 6.89. The minimum Gasteiger partial charge on any atom is -0.352 e. The fourth-order valence-corrected chi connectivity index (χ4v) is 3.44. The normalized spacial score (nSPS) is 16.5. The van der Waals surface area contributed by atoms with E-state index in [2.05, 4.69) is 10.3 Å². The van der Waals surface area contributed by atoms with E-state index < -0.39 is 0 Å². The number of halogens is 1. The summed E-state index contributed by atoms with van der Waals surface area (Å²) in [5.41, 5.74) is 0.344. The third kappa shape index (κ3) is 4.15. The maximum Gasteiger partial charge on any atom is 0.261 e. The Morgan fingerprint density at radius 2 is 1.92 bits per heavy atom. The van der Waals surface area contributed by atoms with E-state index in [9.17, 15) is 9.59 Å². The Morgan fingerprint density at radius 3 is 2.67 bits per heavy atom. The minimum absolute atomic E-state index is 0.00914. The Labute approximate surface area is 146 Å². The SMILES string of the molecule is O=C(Cn1cnc2ccc(Cl)cc2c1=O)NC1CCCCCCC1. The summed E-state index contributed by atoms with van der Waals surface area (Å²) in [5, 5.41) is 3.99. The van der Waals surface area contributed by atoms with Crippen LogP contribution in [0.4, 0.5) is 0 Å². The molecule has 1 heterocycles. The first-order valence-corrected chi connectivity index (χ1v) is 8.95. The van der Waals surface area contributed by atoms with Crippen molar-refractivity contribution < 1.29 is 4.79 Å². The third-order valence-corrected chi connectivity index (χ3v) is 4.81. The van der Waals surface area contributed by atoms with Gasteiger partial charge in [-0.3, -0.25) is 14.2 Å². The maximum atomic E-state index is 12.5. The Morgan fingerprint density at radius 1 is 1.21 bits per heavy atom. The summed E-state index contributed by atoms with van der Waals surface area (Å²) in [7, 11) is 0. The zero-order valence-corrected chi connectivity index (χ0v) is 14.4. The number of benzene rings is 1. The molecular weight excluding hydrogens is 326 g/mol. The lowest BCUT2D eigenvalue weighted by Crippen LogP contribution is -2.39. The van der Waals surface area contributed by atoms with E-state index in [-0.39, 0.29) is 24.1 Å². The molecule has 0 spiro atoms. The molecule has 2 aromatic rings. The summed E-state index contributed by atoms with van der Waals surface area (Å²) in [6, 6.07) is 5.21. The number of carbonyl (C=O) groups is 1. The molecule has 1 N–H and O–H groups in total. The summed E-state index contributed by atoms with van der Waals surface area (Å²) in [4.78, 5) is 29.0. The Kier molecular flexibility index (Phi) is 5.51. The average molecular weight is 348 g/mol. The fourth-order valence-electron chi connectivity index (χ4n) is 3.27. The van der Waals surface area contributed by atoms with E-state index in [0.29, 0.717) is 15.9 Å². The first kappa shape index (κ1) is 17.0. The van der Waals surface area contributed by atoms with Crippen LogP contribution in [-0.2, 0) is 11.3 Å². The number of nitrogens with one attached hydrogen (secondary N) is 1.